The molecule has 1 rings (SSSR count). The minimum absolute atomic E-state index is 0.399. The second-order valence-corrected chi connectivity index (χ2v) is 5.76. The van der Waals surface area contributed by atoms with Gasteiger partial charge in [0.1, 0.15) is 5.60 Å². The molecule has 6 nitrogen and oxygen atoms in total. The first-order valence-electron chi connectivity index (χ1n) is 5.73. The zero-order valence-corrected chi connectivity index (χ0v) is 12.5. The lowest BCUT2D eigenvalue weighted by molar-refractivity contribution is 0.0526. The number of carbonyl (C=O) groups is 1. The van der Waals surface area contributed by atoms with Crippen LogP contribution in [0.25, 0.3) is 0 Å². The second-order valence-electron chi connectivity index (χ2n) is 4.91. The van der Waals surface area contributed by atoms with Crippen LogP contribution < -0.4 is 11.1 Å². The molecule has 0 unspecified atom stereocenters. The molecule has 0 radical (unpaired) electrons. The van der Waals surface area contributed by atoms with E-state index in [9.17, 15) is 4.79 Å². The Kier molecular flexibility index (Phi) is 5.01. The zero-order valence-electron chi connectivity index (χ0n) is 10.9. The third-order valence-electron chi connectivity index (χ3n) is 1.98. The van der Waals surface area contributed by atoms with Gasteiger partial charge < -0.3 is 15.8 Å². The van der Waals surface area contributed by atoms with Crippen molar-refractivity contribution in [2.75, 3.05) is 12.3 Å². The van der Waals surface area contributed by atoms with Gasteiger partial charge in [0.2, 0.25) is 0 Å². The third-order valence-corrected chi connectivity index (χ3v) is 2.59. The molecule has 1 aromatic heterocycles. The number of anilines is 1. The molecule has 1 aromatic rings. The van der Waals surface area contributed by atoms with E-state index in [-0.39, 0.29) is 0 Å². The van der Waals surface area contributed by atoms with Gasteiger partial charge in [-0.2, -0.15) is 5.10 Å². The topological polar surface area (TPSA) is 82.2 Å². The Bertz CT molecular complexity index is 392. The molecule has 0 saturated heterocycles. The smallest absolute Gasteiger partial charge is 0.407 e. The number of nitrogens with one attached hydrogen (secondary N) is 1. The summed E-state index contributed by atoms with van der Waals surface area (Å²) >= 11 is 3.28. The lowest BCUT2D eigenvalue weighted by Gasteiger charge is -2.19. The van der Waals surface area contributed by atoms with Gasteiger partial charge in [-0.25, -0.2) is 4.79 Å². The first-order valence-corrected chi connectivity index (χ1v) is 6.52. The van der Waals surface area contributed by atoms with E-state index >= 15 is 0 Å². The second kappa shape index (κ2) is 6.08. The minimum atomic E-state index is -0.467. The summed E-state index contributed by atoms with van der Waals surface area (Å²) in [6.07, 6.45) is 2.17. The van der Waals surface area contributed by atoms with Gasteiger partial charge in [-0.3, -0.25) is 4.68 Å². The van der Waals surface area contributed by atoms with Crippen molar-refractivity contribution in [3.05, 3.63) is 10.7 Å². The van der Waals surface area contributed by atoms with Crippen molar-refractivity contribution < 1.29 is 9.53 Å². The predicted molar refractivity (Wildman–Crippen MR) is 73.2 cm³/mol. The molecule has 0 aromatic carbocycles. The number of alkyl carbamates (subject to hydrolysis) is 1. The Hall–Kier alpha value is -1.24. The van der Waals surface area contributed by atoms with Gasteiger partial charge in [-0.1, -0.05) is 0 Å². The molecule has 0 saturated carbocycles. The number of carbonyl (C=O) groups excluding carboxylic acids is 1. The van der Waals surface area contributed by atoms with Crippen LogP contribution in [-0.2, 0) is 11.3 Å². The number of aryl methyl sites for hydroxylation is 1. The molecule has 0 aliphatic carbocycles. The highest BCUT2D eigenvalue weighted by atomic mass is 79.9. The molecule has 1 amide bonds. The largest absolute Gasteiger partial charge is 0.444 e. The maximum Gasteiger partial charge on any atom is 0.407 e. The number of ether oxygens (including phenoxy) is 1. The molecule has 102 valence electrons. The molecular weight excluding hydrogens is 300 g/mol. The molecule has 7 heteroatoms. The summed E-state index contributed by atoms with van der Waals surface area (Å²) in [6.45, 7) is 6.71. The van der Waals surface area contributed by atoms with E-state index < -0.39 is 11.7 Å². The van der Waals surface area contributed by atoms with Crippen LogP contribution in [0.3, 0.4) is 0 Å². The first kappa shape index (κ1) is 14.8. The number of halogens is 1. The van der Waals surface area contributed by atoms with E-state index in [1.54, 1.807) is 4.68 Å². The molecular formula is C11H19BrN4O2. The molecule has 0 aliphatic rings. The van der Waals surface area contributed by atoms with E-state index in [0.29, 0.717) is 18.9 Å². The van der Waals surface area contributed by atoms with E-state index in [4.69, 9.17) is 10.5 Å². The molecule has 0 aliphatic heterocycles. The quantitative estimate of drug-likeness (QED) is 0.833. The van der Waals surface area contributed by atoms with Crippen molar-refractivity contribution >= 4 is 27.8 Å². The van der Waals surface area contributed by atoms with Gasteiger partial charge >= 0.3 is 6.09 Å². The van der Waals surface area contributed by atoms with Crippen LogP contribution in [0.15, 0.2) is 10.7 Å². The minimum Gasteiger partial charge on any atom is -0.444 e. The van der Waals surface area contributed by atoms with Crippen molar-refractivity contribution in [3.8, 4) is 0 Å². The number of rotatable bonds is 4. The normalized spacial score (nSPS) is 11.3. The number of nitrogen functional groups attached to an aromatic ring is 1. The number of amides is 1. The van der Waals surface area contributed by atoms with E-state index in [1.807, 2.05) is 27.0 Å². The lowest BCUT2D eigenvalue weighted by Crippen LogP contribution is -2.33. The Balaban J connectivity index is 2.21. The molecule has 0 bridgehead atoms. The SMILES string of the molecule is CC(C)(C)OC(=O)NCCCn1cc(Br)c(N)n1. The average molecular weight is 319 g/mol. The molecule has 0 atom stereocenters. The summed E-state index contributed by atoms with van der Waals surface area (Å²) in [4.78, 5) is 11.3. The van der Waals surface area contributed by atoms with Crippen LogP contribution in [0.5, 0.6) is 0 Å². The fraction of sp³-hybridized carbons (Fsp3) is 0.636. The summed E-state index contributed by atoms with van der Waals surface area (Å²) in [5.41, 5.74) is 5.13. The number of hydrogen-bond donors (Lipinski definition) is 2. The highest BCUT2D eigenvalue weighted by Crippen LogP contribution is 2.16. The molecule has 3 N–H and O–H groups in total. The third kappa shape index (κ3) is 5.39. The molecule has 0 spiro atoms. The molecule has 1 heterocycles. The van der Waals surface area contributed by atoms with Crippen molar-refractivity contribution in [1.82, 2.24) is 15.1 Å². The number of nitrogens with zero attached hydrogens (tertiary/aromatic N) is 2. The van der Waals surface area contributed by atoms with Crippen LogP contribution in [0.4, 0.5) is 10.6 Å². The molecule has 18 heavy (non-hydrogen) atoms. The van der Waals surface area contributed by atoms with Crippen molar-refractivity contribution in [3.63, 3.8) is 0 Å². The van der Waals surface area contributed by atoms with Gasteiger partial charge in [0.15, 0.2) is 5.82 Å². The van der Waals surface area contributed by atoms with Crippen LogP contribution in [0.2, 0.25) is 0 Å². The van der Waals surface area contributed by atoms with E-state index in [0.717, 1.165) is 10.9 Å². The van der Waals surface area contributed by atoms with Gasteiger partial charge in [-0.05, 0) is 43.1 Å². The van der Waals surface area contributed by atoms with Crippen molar-refractivity contribution in [2.24, 2.45) is 0 Å². The van der Waals surface area contributed by atoms with Crippen molar-refractivity contribution in [2.45, 2.75) is 39.3 Å². The predicted octanol–water partition coefficient (Wildman–Crippen LogP) is 2.14. The number of nitrogens with two attached hydrogens (primary N) is 1. The van der Waals surface area contributed by atoms with Gasteiger partial charge in [-0.15, -0.1) is 0 Å². The van der Waals surface area contributed by atoms with Gasteiger partial charge in [0.25, 0.3) is 0 Å². The van der Waals surface area contributed by atoms with E-state index in [1.165, 1.54) is 0 Å². The first-order chi connectivity index (χ1) is 8.28. The van der Waals surface area contributed by atoms with Gasteiger partial charge in [0, 0.05) is 19.3 Å². The average Bonchev–Trinajstić information content (AvgIpc) is 2.51. The fourth-order valence-corrected chi connectivity index (χ4v) is 1.59. The Morgan fingerprint density at radius 2 is 2.28 bits per heavy atom. The van der Waals surface area contributed by atoms with E-state index in [2.05, 4.69) is 26.3 Å². The standard InChI is InChI=1S/C11H19BrN4O2/c1-11(2,3)18-10(17)14-5-4-6-16-7-8(12)9(13)15-16/h7H,4-6H2,1-3H3,(H2,13,15)(H,14,17). The van der Waals surface area contributed by atoms with Gasteiger partial charge in [0.05, 0.1) is 4.47 Å². The van der Waals surface area contributed by atoms with Crippen LogP contribution in [0.1, 0.15) is 27.2 Å². The number of aromatic nitrogens is 2. The summed E-state index contributed by atoms with van der Waals surface area (Å²) < 4.78 is 7.63. The van der Waals surface area contributed by atoms with Crippen LogP contribution in [0, 0.1) is 0 Å². The van der Waals surface area contributed by atoms with Crippen molar-refractivity contribution in [1.29, 1.82) is 0 Å². The summed E-state index contributed by atoms with van der Waals surface area (Å²) in [7, 11) is 0. The fourth-order valence-electron chi connectivity index (χ4n) is 1.27. The monoisotopic (exact) mass is 318 g/mol. The summed E-state index contributed by atoms with van der Waals surface area (Å²) in [5.74, 6) is 0.468. The molecule has 0 fully saturated rings. The summed E-state index contributed by atoms with van der Waals surface area (Å²) in [6, 6.07) is 0. The Morgan fingerprint density at radius 1 is 1.61 bits per heavy atom. The maximum absolute atomic E-state index is 11.3. The highest BCUT2D eigenvalue weighted by Gasteiger charge is 2.15. The lowest BCUT2D eigenvalue weighted by atomic mass is 10.2. The Morgan fingerprint density at radius 3 is 2.78 bits per heavy atom. The summed E-state index contributed by atoms with van der Waals surface area (Å²) in [5, 5.41) is 6.78. The zero-order chi connectivity index (χ0) is 13.8. The highest BCUT2D eigenvalue weighted by molar-refractivity contribution is 9.10. The van der Waals surface area contributed by atoms with Crippen LogP contribution in [-0.4, -0.2) is 28.0 Å². The number of hydrogen-bond acceptors (Lipinski definition) is 4. The Labute approximate surface area is 115 Å². The van der Waals surface area contributed by atoms with Crippen LogP contribution >= 0.6 is 15.9 Å². The maximum atomic E-state index is 11.3.